The van der Waals surface area contributed by atoms with Crippen molar-refractivity contribution < 1.29 is 13.2 Å². The van der Waals surface area contributed by atoms with E-state index >= 15 is 0 Å². The van der Waals surface area contributed by atoms with Crippen LogP contribution < -0.4 is 5.73 Å². The lowest BCUT2D eigenvalue weighted by molar-refractivity contribution is 0.496. The highest BCUT2D eigenvalue weighted by molar-refractivity contribution is 5.63. The molecule has 0 amide bonds. The van der Waals surface area contributed by atoms with Crippen molar-refractivity contribution in [2.24, 2.45) is 0 Å². The molecule has 0 aliphatic heterocycles. The predicted molar refractivity (Wildman–Crippen MR) is 54.0 cm³/mol. The first-order chi connectivity index (χ1) is 7.58. The van der Waals surface area contributed by atoms with Crippen LogP contribution in [0.4, 0.5) is 18.9 Å². The third kappa shape index (κ3) is 1.84. The van der Waals surface area contributed by atoms with Gasteiger partial charge in [0.1, 0.15) is 5.82 Å². The number of hydrogen-bond acceptors (Lipinski definition) is 2. The Hall–Kier alpha value is -2.04. The maximum Gasteiger partial charge on any atom is 0.161 e. The SMILES string of the molecule is Nc1ccnc(-c2cc(F)c(F)cc2F)c1. The summed E-state index contributed by atoms with van der Waals surface area (Å²) in [5.74, 6) is -3.23. The lowest BCUT2D eigenvalue weighted by Gasteiger charge is -2.04. The summed E-state index contributed by atoms with van der Waals surface area (Å²) in [6, 6.07) is 4.14. The van der Waals surface area contributed by atoms with Crippen molar-refractivity contribution in [1.29, 1.82) is 0 Å². The fourth-order valence-electron chi connectivity index (χ4n) is 1.31. The van der Waals surface area contributed by atoms with Crippen molar-refractivity contribution in [2.75, 3.05) is 5.73 Å². The molecular weight excluding hydrogens is 217 g/mol. The molecule has 2 aromatic rings. The molecule has 0 spiro atoms. The van der Waals surface area contributed by atoms with Crippen molar-refractivity contribution >= 4 is 5.69 Å². The minimum absolute atomic E-state index is 0.119. The summed E-state index contributed by atoms with van der Waals surface area (Å²) >= 11 is 0. The van der Waals surface area contributed by atoms with Gasteiger partial charge in [-0.25, -0.2) is 13.2 Å². The molecule has 82 valence electrons. The molecule has 5 heteroatoms. The summed E-state index contributed by atoms with van der Waals surface area (Å²) in [5, 5.41) is 0. The van der Waals surface area contributed by atoms with E-state index in [0.29, 0.717) is 11.8 Å². The van der Waals surface area contributed by atoms with Crippen LogP contribution in [0, 0.1) is 17.5 Å². The number of nitrogen functional groups attached to an aromatic ring is 1. The van der Waals surface area contributed by atoms with E-state index in [0.717, 1.165) is 6.07 Å². The summed E-state index contributed by atoms with van der Waals surface area (Å²) in [6.45, 7) is 0. The topological polar surface area (TPSA) is 38.9 Å². The highest BCUT2D eigenvalue weighted by Gasteiger charge is 2.12. The number of hydrogen-bond donors (Lipinski definition) is 1. The third-order valence-corrected chi connectivity index (χ3v) is 2.07. The number of benzene rings is 1. The molecule has 2 rings (SSSR count). The van der Waals surface area contributed by atoms with E-state index < -0.39 is 17.5 Å². The van der Waals surface area contributed by atoms with Crippen LogP contribution in [0.15, 0.2) is 30.5 Å². The monoisotopic (exact) mass is 224 g/mol. The Morgan fingerprint density at radius 3 is 2.31 bits per heavy atom. The van der Waals surface area contributed by atoms with Gasteiger partial charge in [-0.3, -0.25) is 4.98 Å². The van der Waals surface area contributed by atoms with E-state index in [4.69, 9.17) is 5.73 Å². The van der Waals surface area contributed by atoms with Crippen molar-refractivity contribution in [3.05, 3.63) is 47.9 Å². The fourth-order valence-corrected chi connectivity index (χ4v) is 1.31. The van der Waals surface area contributed by atoms with Crippen LogP contribution in [-0.4, -0.2) is 4.98 Å². The zero-order chi connectivity index (χ0) is 11.7. The molecule has 0 radical (unpaired) electrons. The van der Waals surface area contributed by atoms with Gasteiger partial charge >= 0.3 is 0 Å². The van der Waals surface area contributed by atoms with E-state index in [9.17, 15) is 13.2 Å². The number of pyridine rings is 1. The number of nitrogens with zero attached hydrogens (tertiary/aromatic N) is 1. The van der Waals surface area contributed by atoms with Gasteiger partial charge in [0.05, 0.1) is 5.69 Å². The highest BCUT2D eigenvalue weighted by Crippen LogP contribution is 2.24. The number of rotatable bonds is 1. The number of aromatic nitrogens is 1. The maximum absolute atomic E-state index is 13.4. The largest absolute Gasteiger partial charge is 0.399 e. The first-order valence-corrected chi connectivity index (χ1v) is 4.44. The number of anilines is 1. The molecule has 2 N–H and O–H groups in total. The van der Waals surface area contributed by atoms with Crippen LogP contribution in [0.25, 0.3) is 11.3 Å². The number of nitrogens with two attached hydrogens (primary N) is 1. The minimum Gasteiger partial charge on any atom is -0.399 e. The highest BCUT2D eigenvalue weighted by atomic mass is 19.2. The van der Waals surface area contributed by atoms with E-state index in [1.807, 2.05) is 0 Å². The summed E-state index contributed by atoms with van der Waals surface area (Å²) in [7, 11) is 0. The van der Waals surface area contributed by atoms with Gasteiger partial charge in [-0.05, 0) is 18.2 Å². The second-order valence-corrected chi connectivity index (χ2v) is 3.22. The van der Waals surface area contributed by atoms with Crippen LogP contribution in [0.5, 0.6) is 0 Å². The number of halogens is 3. The molecule has 1 heterocycles. The van der Waals surface area contributed by atoms with E-state index in [-0.39, 0.29) is 11.3 Å². The summed E-state index contributed by atoms with van der Waals surface area (Å²) < 4.78 is 39.0. The molecule has 0 aliphatic rings. The van der Waals surface area contributed by atoms with Crippen molar-refractivity contribution in [1.82, 2.24) is 4.98 Å². The Morgan fingerprint density at radius 1 is 0.938 bits per heavy atom. The molecule has 2 nitrogen and oxygen atoms in total. The van der Waals surface area contributed by atoms with Gasteiger partial charge in [-0.2, -0.15) is 0 Å². The van der Waals surface area contributed by atoms with Crippen molar-refractivity contribution in [3.8, 4) is 11.3 Å². The van der Waals surface area contributed by atoms with Crippen LogP contribution in [0.1, 0.15) is 0 Å². The average molecular weight is 224 g/mol. The first-order valence-electron chi connectivity index (χ1n) is 4.44. The molecule has 1 aromatic heterocycles. The Balaban J connectivity index is 2.60. The molecule has 1 aromatic carbocycles. The predicted octanol–water partition coefficient (Wildman–Crippen LogP) is 2.75. The standard InChI is InChI=1S/C11H7F3N2/c12-8-5-10(14)9(13)4-7(8)11-3-6(15)1-2-16-11/h1-5H,(H2,15,16). The molecule has 0 fully saturated rings. The lowest BCUT2D eigenvalue weighted by atomic mass is 10.1. The summed E-state index contributed by atoms with van der Waals surface area (Å²) in [6.07, 6.45) is 1.37. The van der Waals surface area contributed by atoms with E-state index in [1.54, 1.807) is 0 Å². The summed E-state index contributed by atoms with van der Waals surface area (Å²) in [4.78, 5) is 3.83. The third-order valence-electron chi connectivity index (χ3n) is 2.07. The quantitative estimate of drug-likeness (QED) is 0.756. The zero-order valence-electron chi connectivity index (χ0n) is 8.05. The first kappa shape index (κ1) is 10.5. The molecule has 0 saturated carbocycles. The van der Waals surface area contributed by atoms with Crippen LogP contribution in [0.2, 0.25) is 0 Å². The van der Waals surface area contributed by atoms with Crippen molar-refractivity contribution in [3.63, 3.8) is 0 Å². The zero-order valence-corrected chi connectivity index (χ0v) is 8.05. The molecule has 0 bridgehead atoms. The molecule has 0 aliphatic carbocycles. The molecule has 0 unspecified atom stereocenters. The Labute approximate surface area is 89.5 Å². The van der Waals surface area contributed by atoms with Crippen molar-refractivity contribution in [2.45, 2.75) is 0 Å². The fraction of sp³-hybridized carbons (Fsp3) is 0. The van der Waals surface area contributed by atoms with Gasteiger partial charge < -0.3 is 5.73 Å². The van der Waals surface area contributed by atoms with Gasteiger partial charge in [0.25, 0.3) is 0 Å². The van der Waals surface area contributed by atoms with E-state index in [1.165, 1.54) is 18.3 Å². The Kier molecular flexibility index (Phi) is 2.52. The smallest absolute Gasteiger partial charge is 0.161 e. The lowest BCUT2D eigenvalue weighted by Crippen LogP contribution is -1.94. The van der Waals surface area contributed by atoms with Gasteiger partial charge in [-0.1, -0.05) is 0 Å². The maximum atomic E-state index is 13.4. The average Bonchev–Trinajstić information content (AvgIpc) is 2.23. The Morgan fingerprint density at radius 2 is 1.62 bits per heavy atom. The molecule has 0 saturated heterocycles. The molecular formula is C11H7F3N2. The van der Waals surface area contributed by atoms with Gasteiger partial charge in [0.15, 0.2) is 11.6 Å². The second-order valence-electron chi connectivity index (χ2n) is 3.22. The summed E-state index contributed by atoms with van der Waals surface area (Å²) in [5.41, 5.74) is 5.90. The van der Waals surface area contributed by atoms with Crippen LogP contribution in [-0.2, 0) is 0 Å². The van der Waals surface area contributed by atoms with E-state index in [2.05, 4.69) is 4.98 Å². The van der Waals surface area contributed by atoms with Gasteiger partial charge in [0, 0.05) is 23.5 Å². The Bertz CT molecular complexity index is 541. The second kappa shape index (κ2) is 3.84. The molecule has 0 atom stereocenters. The van der Waals surface area contributed by atoms with Crippen LogP contribution in [0.3, 0.4) is 0 Å². The normalized spacial score (nSPS) is 10.4. The molecule has 16 heavy (non-hydrogen) atoms. The van der Waals surface area contributed by atoms with Crippen LogP contribution >= 0.6 is 0 Å². The van der Waals surface area contributed by atoms with Gasteiger partial charge in [-0.15, -0.1) is 0 Å². The van der Waals surface area contributed by atoms with Gasteiger partial charge in [0.2, 0.25) is 0 Å². The minimum atomic E-state index is -1.23.